The van der Waals surface area contributed by atoms with Gasteiger partial charge in [-0.05, 0) is 29.8 Å². The van der Waals surface area contributed by atoms with Gasteiger partial charge < -0.3 is 4.74 Å². The largest absolute Gasteiger partial charge is 0.457 e. The van der Waals surface area contributed by atoms with E-state index in [1.807, 2.05) is 60.7 Å². The van der Waals surface area contributed by atoms with Gasteiger partial charge in [0.1, 0.15) is 11.5 Å². The van der Waals surface area contributed by atoms with E-state index in [1.165, 1.54) is 0 Å². The molecule has 0 fully saturated rings. The topological polar surface area (TPSA) is 50.7 Å². The third-order valence-electron chi connectivity index (χ3n) is 4.20. The number of fused-ring (bicyclic) bond motifs is 2. The Morgan fingerprint density at radius 2 is 1.50 bits per heavy atom. The average Bonchev–Trinajstić information content (AvgIpc) is 2.67. The SMILES string of the molecule is O=C(N/N=C\c1ccc(Cl)cc1)C1c2ccccc2Oc2ccccc21. The molecule has 0 saturated carbocycles. The molecule has 5 heteroatoms. The maximum absolute atomic E-state index is 12.9. The molecular formula is C21H15ClN2O2. The molecule has 0 atom stereocenters. The van der Waals surface area contributed by atoms with Crippen LogP contribution in [0.15, 0.2) is 77.9 Å². The summed E-state index contributed by atoms with van der Waals surface area (Å²) in [4.78, 5) is 12.9. The maximum atomic E-state index is 12.9. The number of hydrogen-bond acceptors (Lipinski definition) is 3. The minimum absolute atomic E-state index is 0.210. The Bertz CT molecular complexity index is 938. The monoisotopic (exact) mass is 362 g/mol. The van der Waals surface area contributed by atoms with Crippen LogP contribution in [0.3, 0.4) is 0 Å². The first-order valence-electron chi connectivity index (χ1n) is 8.16. The van der Waals surface area contributed by atoms with Crippen molar-refractivity contribution >= 4 is 23.7 Å². The summed E-state index contributed by atoms with van der Waals surface area (Å²) in [6.07, 6.45) is 1.59. The number of hydrogen-bond donors (Lipinski definition) is 1. The van der Waals surface area contributed by atoms with Gasteiger partial charge in [0, 0.05) is 16.1 Å². The molecule has 1 aliphatic heterocycles. The number of nitrogens with zero attached hydrogens (tertiary/aromatic N) is 1. The van der Waals surface area contributed by atoms with Crippen molar-refractivity contribution in [3.63, 3.8) is 0 Å². The number of carbonyl (C=O) groups excluding carboxylic acids is 1. The summed E-state index contributed by atoms with van der Waals surface area (Å²) in [7, 11) is 0. The molecule has 0 saturated heterocycles. The third-order valence-corrected chi connectivity index (χ3v) is 4.45. The number of ether oxygens (including phenoxy) is 1. The predicted octanol–water partition coefficient (Wildman–Crippen LogP) is 4.73. The van der Waals surface area contributed by atoms with Crippen LogP contribution in [0.5, 0.6) is 11.5 Å². The van der Waals surface area contributed by atoms with E-state index in [4.69, 9.17) is 16.3 Å². The van der Waals surface area contributed by atoms with E-state index in [2.05, 4.69) is 10.5 Å². The molecule has 0 aromatic heterocycles. The summed E-state index contributed by atoms with van der Waals surface area (Å²) in [6.45, 7) is 0. The zero-order chi connectivity index (χ0) is 17.9. The Morgan fingerprint density at radius 1 is 0.923 bits per heavy atom. The third kappa shape index (κ3) is 3.19. The first-order chi connectivity index (χ1) is 12.7. The molecule has 1 heterocycles. The van der Waals surface area contributed by atoms with Crippen molar-refractivity contribution in [2.24, 2.45) is 5.10 Å². The van der Waals surface area contributed by atoms with E-state index in [0.29, 0.717) is 16.5 Å². The molecule has 1 N–H and O–H groups in total. The highest BCUT2D eigenvalue weighted by Crippen LogP contribution is 2.43. The molecule has 3 aromatic rings. The Kier molecular flexibility index (Phi) is 4.42. The van der Waals surface area contributed by atoms with Gasteiger partial charge in [0.05, 0.1) is 12.1 Å². The fourth-order valence-corrected chi connectivity index (χ4v) is 3.10. The average molecular weight is 363 g/mol. The molecule has 0 spiro atoms. The van der Waals surface area contributed by atoms with Gasteiger partial charge in [-0.2, -0.15) is 5.10 Å². The Hall–Kier alpha value is -3.11. The van der Waals surface area contributed by atoms with Crippen LogP contribution in [0.2, 0.25) is 5.02 Å². The summed E-state index contributed by atoms with van der Waals surface area (Å²) >= 11 is 5.87. The van der Waals surface area contributed by atoms with Crippen molar-refractivity contribution in [2.75, 3.05) is 0 Å². The molecule has 0 unspecified atom stereocenters. The van der Waals surface area contributed by atoms with Crippen molar-refractivity contribution < 1.29 is 9.53 Å². The van der Waals surface area contributed by atoms with Crippen molar-refractivity contribution in [3.8, 4) is 11.5 Å². The maximum Gasteiger partial charge on any atom is 0.252 e. The van der Waals surface area contributed by atoms with Crippen molar-refractivity contribution in [3.05, 3.63) is 94.5 Å². The quantitative estimate of drug-likeness (QED) is 0.541. The van der Waals surface area contributed by atoms with Crippen LogP contribution in [0.1, 0.15) is 22.6 Å². The second-order valence-electron chi connectivity index (χ2n) is 5.90. The van der Waals surface area contributed by atoms with Crippen molar-refractivity contribution in [1.82, 2.24) is 5.43 Å². The van der Waals surface area contributed by atoms with E-state index in [0.717, 1.165) is 16.7 Å². The summed E-state index contributed by atoms with van der Waals surface area (Å²) in [5.74, 6) is 0.693. The molecule has 0 radical (unpaired) electrons. The number of nitrogens with one attached hydrogen (secondary N) is 1. The molecule has 1 amide bonds. The van der Waals surface area contributed by atoms with Crippen LogP contribution in [0, 0.1) is 0 Å². The van der Waals surface area contributed by atoms with E-state index >= 15 is 0 Å². The van der Waals surface area contributed by atoms with Gasteiger partial charge in [-0.3, -0.25) is 4.79 Å². The summed E-state index contributed by atoms with van der Waals surface area (Å²) in [5.41, 5.74) is 5.14. The minimum atomic E-state index is -0.474. The van der Waals surface area contributed by atoms with Crippen LogP contribution < -0.4 is 10.2 Å². The highest BCUT2D eigenvalue weighted by atomic mass is 35.5. The fourth-order valence-electron chi connectivity index (χ4n) is 2.98. The lowest BCUT2D eigenvalue weighted by molar-refractivity contribution is -0.121. The van der Waals surface area contributed by atoms with Crippen molar-refractivity contribution in [2.45, 2.75) is 5.92 Å². The van der Waals surface area contributed by atoms with Crippen LogP contribution in [-0.2, 0) is 4.79 Å². The fraction of sp³-hybridized carbons (Fsp3) is 0.0476. The number of carbonyl (C=O) groups is 1. The van der Waals surface area contributed by atoms with Crippen LogP contribution in [-0.4, -0.2) is 12.1 Å². The van der Waals surface area contributed by atoms with Crippen molar-refractivity contribution in [1.29, 1.82) is 0 Å². The highest BCUT2D eigenvalue weighted by molar-refractivity contribution is 6.30. The Morgan fingerprint density at radius 3 is 2.12 bits per heavy atom. The van der Waals surface area contributed by atoms with Crippen LogP contribution in [0.4, 0.5) is 0 Å². The van der Waals surface area contributed by atoms with E-state index in [-0.39, 0.29) is 5.91 Å². The van der Waals surface area contributed by atoms with Gasteiger partial charge in [0.25, 0.3) is 5.91 Å². The van der Waals surface area contributed by atoms with E-state index in [1.54, 1.807) is 18.3 Å². The second kappa shape index (κ2) is 7.02. The number of benzene rings is 3. The van der Waals surface area contributed by atoms with Gasteiger partial charge >= 0.3 is 0 Å². The number of halogens is 1. The van der Waals surface area contributed by atoms with Gasteiger partial charge in [0.15, 0.2) is 0 Å². The molecule has 0 aliphatic carbocycles. The molecule has 3 aromatic carbocycles. The molecule has 0 bridgehead atoms. The minimum Gasteiger partial charge on any atom is -0.457 e. The number of hydrazone groups is 1. The van der Waals surface area contributed by atoms with Gasteiger partial charge in [-0.15, -0.1) is 0 Å². The molecular weight excluding hydrogens is 348 g/mol. The zero-order valence-electron chi connectivity index (χ0n) is 13.7. The lowest BCUT2D eigenvalue weighted by Crippen LogP contribution is -2.28. The molecule has 128 valence electrons. The summed E-state index contributed by atoms with van der Waals surface area (Å²) < 4.78 is 5.91. The first kappa shape index (κ1) is 16.4. The normalized spacial score (nSPS) is 13.0. The number of para-hydroxylation sites is 2. The smallest absolute Gasteiger partial charge is 0.252 e. The summed E-state index contributed by atoms with van der Waals surface area (Å²) in [6, 6.07) is 22.3. The second-order valence-corrected chi connectivity index (χ2v) is 6.33. The summed E-state index contributed by atoms with van der Waals surface area (Å²) in [5, 5.41) is 4.74. The first-order valence-corrected chi connectivity index (χ1v) is 8.54. The van der Waals surface area contributed by atoms with Crippen LogP contribution >= 0.6 is 11.6 Å². The highest BCUT2D eigenvalue weighted by Gasteiger charge is 2.32. The molecule has 4 rings (SSSR count). The molecule has 1 aliphatic rings. The van der Waals surface area contributed by atoms with Gasteiger partial charge in [-0.1, -0.05) is 60.1 Å². The molecule has 4 nitrogen and oxygen atoms in total. The lowest BCUT2D eigenvalue weighted by atomic mass is 9.87. The van der Waals surface area contributed by atoms with Gasteiger partial charge in [0.2, 0.25) is 0 Å². The lowest BCUT2D eigenvalue weighted by Gasteiger charge is -2.26. The number of amides is 1. The van der Waals surface area contributed by atoms with Gasteiger partial charge in [-0.25, -0.2) is 5.43 Å². The number of rotatable bonds is 3. The van der Waals surface area contributed by atoms with Crippen LogP contribution in [0.25, 0.3) is 0 Å². The van der Waals surface area contributed by atoms with E-state index < -0.39 is 5.92 Å². The zero-order valence-corrected chi connectivity index (χ0v) is 14.5. The Labute approximate surface area is 156 Å². The standard InChI is InChI=1S/C21H15ClN2O2/c22-15-11-9-14(10-12-15)13-23-24-21(25)20-16-5-1-3-7-18(16)26-19-8-4-2-6-17(19)20/h1-13,20H,(H,24,25)/b23-13-. The molecule has 26 heavy (non-hydrogen) atoms. The Balaban J connectivity index is 1.60. The predicted molar refractivity (Wildman–Crippen MR) is 102 cm³/mol. The van der Waals surface area contributed by atoms with E-state index in [9.17, 15) is 4.79 Å².